The molecule has 1 atom stereocenters. The Hall–Kier alpha value is -1.93. The van der Waals surface area contributed by atoms with E-state index in [2.05, 4.69) is 20.8 Å². The number of nitrogens with one attached hydrogen (secondary N) is 2. The molecule has 2 aromatic carbocycles. The fraction of sp³-hybridized carbons (Fsp3) is 0.278. The summed E-state index contributed by atoms with van der Waals surface area (Å²) in [5.74, 6) is -0.679. The molecule has 0 spiro atoms. The Morgan fingerprint density at radius 3 is 2.65 bits per heavy atom. The van der Waals surface area contributed by atoms with Gasteiger partial charge in [-0.25, -0.2) is 17.9 Å². The number of esters is 1. The summed E-state index contributed by atoms with van der Waals surface area (Å²) < 4.78 is 32.6. The van der Waals surface area contributed by atoms with Gasteiger partial charge in [0.25, 0.3) is 0 Å². The van der Waals surface area contributed by atoms with E-state index in [4.69, 9.17) is 0 Å². The SMILES string of the molecule is COC(=O)c1ccccc1S(=O)(=O)NCC1NCCc2ccccc21.Cl. The van der Waals surface area contributed by atoms with Crippen molar-refractivity contribution in [2.75, 3.05) is 20.2 Å². The van der Waals surface area contributed by atoms with E-state index in [1.807, 2.05) is 18.2 Å². The number of carbonyl (C=O) groups excluding carboxylic acids is 1. The third-order valence-corrected chi connectivity index (χ3v) is 5.76. The van der Waals surface area contributed by atoms with Crippen LogP contribution in [0.2, 0.25) is 0 Å². The number of halogens is 1. The maximum Gasteiger partial charge on any atom is 0.339 e. The van der Waals surface area contributed by atoms with Crippen molar-refractivity contribution in [2.24, 2.45) is 0 Å². The quantitative estimate of drug-likeness (QED) is 0.756. The van der Waals surface area contributed by atoms with Gasteiger partial charge in [-0.2, -0.15) is 0 Å². The van der Waals surface area contributed by atoms with Crippen molar-refractivity contribution in [3.63, 3.8) is 0 Å². The molecule has 1 aliphatic heterocycles. The predicted molar refractivity (Wildman–Crippen MR) is 101 cm³/mol. The third kappa shape index (κ3) is 4.24. The van der Waals surface area contributed by atoms with E-state index in [-0.39, 0.29) is 35.5 Å². The Labute approximate surface area is 159 Å². The fourth-order valence-corrected chi connectivity index (χ4v) is 4.27. The molecule has 0 saturated heterocycles. The average molecular weight is 397 g/mol. The van der Waals surface area contributed by atoms with Crippen LogP contribution in [0.3, 0.4) is 0 Å². The van der Waals surface area contributed by atoms with Gasteiger partial charge in [-0.1, -0.05) is 36.4 Å². The molecule has 0 bridgehead atoms. The zero-order chi connectivity index (χ0) is 17.9. The largest absolute Gasteiger partial charge is 0.465 e. The van der Waals surface area contributed by atoms with Crippen LogP contribution in [0.5, 0.6) is 0 Å². The lowest BCUT2D eigenvalue weighted by Gasteiger charge is -2.27. The topological polar surface area (TPSA) is 84.5 Å². The molecule has 0 amide bonds. The number of fused-ring (bicyclic) bond motifs is 1. The minimum absolute atomic E-state index is 0. The number of hydrogen-bond donors (Lipinski definition) is 2. The predicted octanol–water partition coefficient (Wildman–Crippen LogP) is 2.06. The number of sulfonamides is 1. The van der Waals surface area contributed by atoms with E-state index in [0.717, 1.165) is 18.5 Å². The van der Waals surface area contributed by atoms with Crippen molar-refractivity contribution in [3.8, 4) is 0 Å². The van der Waals surface area contributed by atoms with Gasteiger partial charge in [0.15, 0.2) is 0 Å². The summed E-state index contributed by atoms with van der Waals surface area (Å²) in [6, 6.07) is 13.9. The molecule has 6 nitrogen and oxygen atoms in total. The molecule has 0 radical (unpaired) electrons. The van der Waals surface area contributed by atoms with Crippen molar-refractivity contribution >= 4 is 28.4 Å². The van der Waals surface area contributed by atoms with Crippen LogP contribution in [0.1, 0.15) is 27.5 Å². The number of rotatable bonds is 5. The lowest BCUT2D eigenvalue weighted by molar-refractivity contribution is 0.0596. The van der Waals surface area contributed by atoms with Crippen LogP contribution in [-0.4, -0.2) is 34.6 Å². The summed E-state index contributed by atoms with van der Waals surface area (Å²) in [6.45, 7) is 0.997. The first kappa shape index (κ1) is 20.4. The molecule has 0 fully saturated rings. The Morgan fingerprint density at radius 1 is 1.19 bits per heavy atom. The number of methoxy groups -OCH3 is 1. The Kier molecular flexibility index (Phi) is 6.77. The van der Waals surface area contributed by atoms with Gasteiger partial charge in [-0.3, -0.25) is 0 Å². The fourth-order valence-electron chi connectivity index (χ4n) is 3.03. The zero-order valence-electron chi connectivity index (χ0n) is 14.3. The summed E-state index contributed by atoms with van der Waals surface area (Å²) in [5, 5.41) is 3.33. The summed E-state index contributed by atoms with van der Waals surface area (Å²) >= 11 is 0. The van der Waals surface area contributed by atoms with Crippen molar-refractivity contribution in [3.05, 3.63) is 65.2 Å². The monoisotopic (exact) mass is 396 g/mol. The zero-order valence-corrected chi connectivity index (χ0v) is 15.9. The number of hydrogen-bond acceptors (Lipinski definition) is 5. The van der Waals surface area contributed by atoms with E-state index < -0.39 is 16.0 Å². The van der Waals surface area contributed by atoms with Crippen LogP contribution >= 0.6 is 12.4 Å². The molecule has 0 aromatic heterocycles. The molecule has 0 saturated carbocycles. The molecule has 1 aliphatic rings. The minimum atomic E-state index is -3.84. The highest BCUT2D eigenvalue weighted by Crippen LogP contribution is 2.23. The van der Waals surface area contributed by atoms with Gasteiger partial charge < -0.3 is 10.1 Å². The van der Waals surface area contributed by atoms with Gasteiger partial charge in [-0.05, 0) is 36.2 Å². The van der Waals surface area contributed by atoms with Gasteiger partial charge in [0.2, 0.25) is 10.0 Å². The highest BCUT2D eigenvalue weighted by atomic mass is 35.5. The summed E-state index contributed by atoms with van der Waals surface area (Å²) in [7, 11) is -2.61. The number of ether oxygens (including phenoxy) is 1. The van der Waals surface area contributed by atoms with E-state index in [0.29, 0.717) is 0 Å². The average Bonchev–Trinajstić information content (AvgIpc) is 2.65. The summed E-state index contributed by atoms with van der Waals surface area (Å²) in [6.07, 6.45) is 0.921. The van der Waals surface area contributed by atoms with E-state index in [1.165, 1.54) is 24.8 Å². The second kappa shape index (κ2) is 8.64. The van der Waals surface area contributed by atoms with Gasteiger partial charge >= 0.3 is 5.97 Å². The highest BCUT2D eigenvalue weighted by Gasteiger charge is 2.25. The second-order valence-electron chi connectivity index (χ2n) is 5.80. The van der Waals surface area contributed by atoms with Crippen LogP contribution in [0.4, 0.5) is 0 Å². The van der Waals surface area contributed by atoms with Crippen LogP contribution < -0.4 is 10.0 Å². The smallest absolute Gasteiger partial charge is 0.339 e. The maximum atomic E-state index is 12.7. The summed E-state index contributed by atoms with van der Waals surface area (Å²) in [4.78, 5) is 11.7. The normalized spacial score (nSPS) is 16.3. The molecule has 0 aliphatic carbocycles. The lowest BCUT2D eigenvalue weighted by atomic mass is 9.95. The lowest BCUT2D eigenvalue weighted by Crippen LogP contribution is -2.39. The third-order valence-electron chi connectivity index (χ3n) is 4.27. The molecular formula is C18H21ClN2O4S. The van der Waals surface area contributed by atoms with Crippen molar-refractivity contribution in [2.45, 2.75) is 17.4 Å². The second-order valence-corrected chi connectivity index (χ2v) is 7.53. The van der Waals surface area contributed by atoms with Gasteiger partial charge in [-0.15, -0.1) is 12.4 Å². The Morgan fingerprint density at radius 2 is 1.88 bits per heavy atom. The van der Waals surface area contributed by atoms with Crippen LogP contribution in [0, 0.1) is 0 Å². The van der Waals surface area contributed by atoms with Gasteiger partial charge in [0.05, 0.1) is 17.6 Å². The maximum absolute atomic E-state index is 12.7. The summed E-state index contributed by atoms with van der Waals surface area (Å²) in [5.41, 5.74) is 2.34. The molecule has 3 rings (SSSR count). The first-order valence-corrected chi connectivity index (χ1v) is 9.49. The van der Waals surface area contributed by atoms with Crippen LogP contribution in [-0.2, 0) is 21.2 Å². The molecule has 1 heterocycles. The Bertz CT molecular complexity index is 886. The molecular weight excluding hydrogens is 376 g/mol. The highest BCUT2D eigenvalue weighted by molar-refractivity contribution is 7.89. The first-order chi connectivity index (χ1) is 12.0. The van der Waals surface area contributed by atoms with Crippen LogP contribution in [0.15, 0.2) is 53.4 Å². The molecule has 2 aromatic rings. The standard InChI is InChI=1S/C18H20N2O4S.ClH/c1-24-18(21)15-8-4-5-9-17(15)25(22,23)20-12-16-14-7-3-2-6-13(14)10-11-19-16;/h2-9,16,19-20H,10-12H2,1H3;1H. The van der Waals surface area contributed by atoms with Gasteiger partial charge in [0.1, 0.15) is 0 Å². The van der Waals surface area contributed by atoms with Crippen molar-refractivity contribution in [1.29, 1.82) is 0 Å². The Balaban J connectivity index is 0.00000243. The van der Waals surface area contributed by atoms with E-state index in [9.17, 15) is 13.2 Å². The first-order valence-electron chi connectivity index (χ1n) is 8.01. The van der Waals surface area contributed by atoms with Gasteiger partial charge in [0, 0.05) is 12.6 Å². The van der Waals surface area contributed by atoms with E-state index in [1.54, 1.807) is 12.1 Å². The molecule has 2 N–H and O–H groups in total. The molecule has 8 heteroatoms. The molecule has 140 valence electrons. The van der Waals surface area contributed by atoms with Crippen LogP contribution in [0.25, 0.3) is 0 Å². The molecule has 1 unspecified atom stereocenters. The van der Waals surface area contributed by atoms with E-state index >= 15 is 0 Å². The molecule has 26 heavy (non-hydrogen) atoms. The number of benzene rings is 2. The van der Waals surface area contributed by atoms with Crippen molar-refractivity contribution in [1.82, 2.24) is 10.0 Å². The number of carbonyl (C=O) groups is 1. The minimum Gasteiger partial charge on any atom is -0.465 e. The van der Waals surface area contributed by atoms with Crippen molar-refractivity contribution < 1.29 is 17.9 Å².